The fourth-order valence-corrected chi connectivity index (χ4v) is 5.11. The second kappa shape index (κ2) is 9.88. The number of H-pyrrole nitrogens is 1. The van der Waals surface area contributed by atoms with Gasteiger partial charge in [0, 0.05) is 24.9 Å². The highest BCUT2D eigenvalue weighted by Crippen LogP contribution is 2.37. The van der Waals surface area contributed by atoms with Gasteiger partial charge in [-0.15, -0.1) is 0 Å². The lowest BCUT2D eigenvalue weighted by atomic mass is 10.2. The van der Waals surface area contributed by atoms with Crippen LogP contribution in [0.5, 0.6) is 5.75 Å². The largest absolute Gasteiger partial charge is 0.491 e. The van der Waals surface area contributed by atoms with Crippen molar-refractivity contribution in [2.24, 2.45) is 0 Å². The molecule has 1 atom stereocenters. The molecule has 3 heterocycles. The van der Waals surface area contributed by atoms with E-state index in [2.05, 4.69) is 20.1 Å². The summed E-state index contributed by atoms with van der Waals surface area (Å²) in [4.78, 5) is 11.6. The van der Waals surface area contributed by atoms with E-state index in [0.717, 1.165) is 35.5 Å². The molecule has 0 saturated carbocycles. The first-order valence-electron chi connectivity index (χ1n) is 10.6. The van der Waals surface area contributed by atoms with E-state index in [4.69, 9.17) is 14.5 Å². The SMILES string of the molecule is COc1c(Cc2cc(C)[nH]n2)nc(Sc2ccc(S(C)(=O)=O)cc2F)nc1N1CCOC[C@@H]1C. The molecule has 34 heavy (non-hydrogen) atoms. The Bertz CT molecular complexity index is 1300. The number of nitrogens with one attached hydrogen (secondary N) is 1. The van der Waals surface area contributed by atoms with Crippen LogP contribution < -0.4 is 9.64 Å². The number of halogens is 1. The van der Waals surface area contributed by atoms with Crippen LogP contribution in [0.2, 0.25) is 0 Å². The number of hydrogen-bond acceptors (Lipinski definition) is 9. The first-order chi connectivity index (χ1) is 16.2. The molecule has 0 spiro atoms. The maximum absolute atomic E-state index is 14.8. The summed E-state index contributed by atoms with van der Waals surface area (Å²) in [6.07, 6.45) is 1.44. The number of methoxy groups -OCH3 is 1. The highest BCUT2D eigenvalue weighted by molar-refractivity contribution is 7.99. The zero-order chi connectivity index (χ0) is 24.5. The molecule has 182 valence electrons. The van der Waals surface area contributed by atoms with Crippen LogP contribution in [0, 0.1) is 12.7 Å². The molecule has 1 aliphatic rings. The van der Waals surface area contributed by atoms with Gasteiger partial charge in [-0.05, 0) is 49.9 Å². The van der Waals surface area contributed by atoms with Crippen molar-refractivity contribution in [3.63, 3.8) is 0 Å². The van der Waals surface area contributed by atoms with Gasteiger partial charge in [-0.1, -0.05) is 0 Å². The van der Waals surface area contributed by atoms with Gasteiger partial charge in [-0.3, -0.25) is 5.10 Å². The zero-order valence-corrected chi connectivity index (χ0v) is 21.0. The molecular weight excluding hydrogens is 481 g/mol. The third-order valence-corrected chi connectivity index (χ3v) is 7.41. The molecule has 3 aromatic rings. The molecule has 1 fully saturated rings. The van der Waals surface area contributed by atoms with Gasteiger partial charge in [0.15, 0.2) is 26.6 Å². The molecule has 12 heteroatoms. The van der Waals surface area contributed by atoms with Crippen molar-refractivity contribution in [3.8, 4) is 5.75 Å². The molecule has 2 aromatic heterocycles. The Balaban J connectivity index is 1.77. The van der Waals surface area contributed by atoms with Crippen LogP contribution in [-0.2, 0) is 21.0 Å². The molecule has 1 N–H and O–H groups in total. The lowest BCUT2D eigenvalue weighted by Gasteiger charge is -2.35. The third-order valence-electron chi connectivity index (χ3n) is 5.38. The van der Waals surface area contributed by atoms with Gasteiger partial charge in [0.2, 0.25) is 0 Å². The number of hydrogen-bond donors (Lipinski definition) is 1. The lowest BCUT2D eigenvalue weighted by molar-refractivity contribution is 0.0981. The summed E-state index contributed by atoms with van der Waals surface area (Å²) in [5.74, 6) is 0.482. The van der Waals surface area contributed by atoms with Crippen molar-refractivity contribution in [2.75, 3.05) is 38.0 Å². The van der Waals surface area contributed by atoms with Crippen molar-refractivity contribution in [3.05, 3.63) is 47.2 Å². The van der Waals surface area contributed by atoms with Crippen molar-refractivity contribution in [1.29, 1.82) is 0 Å². The molecule has 4 rings (SSSR count). The van der Waals surface area contributed by atoms with Gasteiger partial charge in [0.1, 0.15) is 5.82 Å². The number of aromatic nitrogens is 4. The number of morpholine rings is 1. The van der Waals surface area contributed by atoms with Crippen LogP contribution in [0.1, 0.15) is 24.0 Å². The number of aromatic amines is 1. The van der Waals surface area contributed by atoms with Gasteiger partial charge < -0.3 is 14.4 Å². The number of nitrogens with zero attached hydrogens (tertiary/aromatic N) is 4. The van der Waals surface area contributed by atoms with E-state index >= 15 is 0 Å². The van der Waals surface area contributed by atoms with Gasteiger partial charge in [0.25, 0.3) is 0 Å². The Morgan fingerprint density at radius 3 is 2.74 bits per heavy atom. The summed E-state index contributed by atoms with van der Waals surface area (Å²) in [6.45, 7) is 5.67. The van der Waals surface area contributed by atoms with E-state index < -0.39 is 15.7 Å². The van der Waals surface area contributed by atoms with E-state index in [-0.39, 0.29) is 15.8 Å². The van der Waals surface area contributed by atoms with Gasteiger partial charge in [0.05, 0.1) is 47.5 Å². The normalized spacial score (nSPS) is 16.6. The maximum Gasteiger partial charge on any atom is 0.195 e. The molecule has 1 saturated heterocycles. The number of ether oxygens (including phenoxy) is 2. The minimum Gasteiger partial charge on any atom is -0.491 e. The summed E-state index contributed by atoms with van der Waals surface area (Å²) in [5, 5.41) is 7.55. The van der Waals surface area contributed by atoms with E-state index in [9.17, 15) is 12.8 Å². The van der Waals surface area contributed by atoms with Crippen LogP contribution in [-0.4, -0.2) is 67.7 Å². The smallest absolute Gasteiger partial charge is 0.195 e. The maximum atomic E-state index is 14.8. The van der Waals surface area contributed by atoms with Crippen molar-refractivity contribution in [2.45, 2.75) is 41.3 Å². The minimum atomic E-state index is -3.52. The first-order valence-corrected chi connectivity index (χ1v) is 13.3. The van der Waals surface area contributed by atoms with Gasteiger partial charge >= 0.3 is 0 Å². The monoisotopic (exact) mass is 507 g/mol. The second-order valence-electron chi connectivity index (χ2n) is 8.11. The summed E-state index contributed by atoms with van der Waals surface area (Å²) in [7, 11) is -1.94. The molecule has 1 aromatic carbocycles. The van der Waals surface area contributed by atoms with E-state index in [1.165, 1.54) is 12.1 Å². The molecule has 0 unspecified atom stereocenters. The highest BCUT2D eigenvalue weighted by Gasteiger charge is 2.27. The Morgan fingerprint density at radius 1 is 1.32 bits per heavy atom. The fourth-order valence-electron chi connectivity index (χ4n) is 3.70. The zero-order valence-electron chi connectivity index (χ0n) is 19.3. The van der Waals surface area contributed by atoms with E-state index in [1.54, 1.807) is 7.11 Å². The van der Waals surface area contributed by atoms with Gasteiger partial charge in [-0.2, -0.15) is 5.10 Å². The summed E-state index contributed by atoms with van der Waals surface area (Å²) in [6, 6.07) is 5.80. The number of sulfone groups is 1. The average Bonchev–Trinajstić information content (AvgIpc) is 3.19. The van der Waals surface area contributed by atoms with Crippen molar-refractivity contribution in [1.82, 2.24) is 20.2 Å². The predicted octanol–water partition coefficient (Wildman–Crippen LogP) is 3.03. The third kappa shape index (κ3) is 5.34. The lowest BCUT2D eigenvalue weighted by Crippen LogP contribution is -2.44. The van der Waals surface area contributed by atoms with Crippen LogP contribution in [0.3, 0.4) is 0 Å². The van der Waals surface area contributed by atoms with Crippen LogP contribution >= 0.6 is 11.8 Å². The molecule has 9 nitrogen and oxygen atoms in total. The quantitative estimate of drug-likeness (QED) is 0.483. The minimum absolute atomic E-state index is 0.0571. The van der Waals surface area contributed by atoms with E-state index in [1.807, 2.05) is 19.9 Å². The Kier molecular flexibility index (Phi) is 7.10. The number of benzene rings is 1. The predicted molar refractivity (Wildman–Crippen MR) is 126 cm³/mol. The number of aryl methyl sites for hydroxylation is 1. The Hall–Kier alpha value is -2.70. The molecule has 0 bridgehead atoms. The van der Waals surface area contributed by atoms with Gasteiger partial charge in [-0.25, -0.2) is 22.8 Å². The first kappa shape index (κ1) is 24.4. The summed E-state index contributed by atoms with van der Waals surface area (Å²) < 4.78 is 49.6. The van der Waals surface area contributed by atoms with E-state index in [0.29, 0.717) is 48.6 Å². The molecule has 0 aliphatic carbocycles. The van der Waals surface area contributed by atoms with Crippen LogP contribution in [0.4, 0.5) is 10.2 Å². The summed E-state index contributed by atoms with van der Waals surface area (Å²) in [5.41, 5.74) is 2.33. The average molecular weight is 508 g/mol. The number of rotatable bonds is 7. The Morgan fingerprint density at radius 2 is 2.12 bits per heavy atom. The highest BCUT2D eigenvalue weighted by atomic mass is 32.2. The van der Waals surface area contributed by atoms with Crippen molar-refractivity contribution < 1.29 is 22.3 Å². The molecule has 0 amide bonds. The standard InChI is InChI=1S/C22H26FN5O4S2/c1-13-9-15(27-26-13)10-18-20(31-3)21(28-7-8-32-12-14(28)2)25-22(24-18)33-19-6-5-16(11-17(19)23)34(4,29)30/h5-6,9,11,14H,7-8,10,12H2,1-4H3,(H,26,27)/t14-/m0/s1. The second-order valence-corrected chi connectivity index (χ2v) is 11.1. The summed E-state index contributed by atoms with van der Waals surface area (Å²) >= 11 is 1.03. The molecule has 0 radical (unpaired) electrons. The molecular formula is C22H26FN5O4S2. The topological polar surface area (TPSA) is 110 Å². The fraction of sp³-hybridized carbons (Fsp3) is 0.409. The molecule has 1 aliphatic heterocycles. The van der Waals surface area contributed by atoms with Crippen molar-refractivity contribution >= 4 is 27.4 Å². The Labute approximate surface area is 202 Å². The van der Waals surface area contributed by atoms with Crippen LogP contribution in [0.15, 0.2) is 39.2 Å². The van der Waals surface area contributed by atoms with Crippen LogP contribution in [0.25, 0.3) is 0 Å². The number of anilines is 1.